The minimum atomic E-state index is -0.558. The fourth-order valence-electron chi connectivity index (χ4n) is 2.16. The third-order valence-corrected chi connectivity index (χ3v) is 4.42. The molecule has 19 heavy (non-hydrogen) atoms. The summed E-state index contributed by atoms with van der Waals surface area (Å²) in [6, 6.07) is 3.42. The van der Waals surface area contributed by atoms with Crippen LogP contribution in [-0.2, 0) is 4.79 Å². The van der Waals surface area contributed by atoms with Gasteiger partial charge in [-0.1, -0.05) is 39.1 Å². The van der Waals surface area contributed by atoms with Crippen molar-refractivity contribution in [3.8, 4) is 0 Å². The number of carbonyl (C=O) groups excluding carboxylic acids is 1. The van der Waals surface area contributed by atoms with Crippen LogP contribution in [0.3, 0.4) is 0 Å². The molecule has 2 N–H and O–H groups in total. The molecule has 1 atom stereocenters. The van der Waals surface area contributed by atoms with Gasteiger partial charge in [0.15, 0.2) is 0 Å². The second-order valence-electron chi connectivity index (χ2n) is 4.91. The summed E-state index contributed by atoms with van der Waals surface area (Å²) < 4.78 is 0.780. The highest BCUT2D eigenvalue weighted by Gasteiger charge is 2.34. The first kappa shape index (κ1) is 15.1. The lowest BCUT2D eigenvalue weighted by Gasteiger charge is -2.33. The lowest BCUT2D eigenvalue weighted by atomic mass is 9.90. The van der Waals surface area contributed by atoms with Crippen molar-refractivity contribution in [3.63, 3.8) is 0 Å². The Balaban J connectivity index is 2.19. The summed E-state index contributed by atoms with van der Waals surface area (Å²) in [7, 11) is 0. The highest BCUT2D eigenvalue weighted by molar-refractivity contribution is 9.10. The number of carbonyl (C=O) groups is 1. The van der Waals surface area contributed by atoms with Crippen LogP contribution in [0.5, 0.6) is 0 Å². The summed E-state index contributed by atoms with van der Waals surface area (Å²) in [5, 5.41) is 6.93. The van der Waals surface area contributed by atoms with E-state index in [1.807, 2.05) is 6.92 Å². The van der Waals surface area contributed by atoms with Crippen molar-refractivity contribution in [1.29, 1.82) is 0 Å². The largest absolute Gasteiger partial charge is 0.322 e. The number of rotatable bonds is 2. The molecule has 1 aliphatic rings. The number of piperidine rings is 1. The average molecular weight is 366 g/mol. The van der Waals surface area contributed by atoms with Crippen molar-refractivity contribution in [2.24, 2.45) is 0 Å². The van der Waals surface area contributed by atoms with Crippen LogP contribution in [0.1, 0.15) is 26.2 Å². The van der Waals surface area contributed by atoms with E-state index in [9.17, 15) is 4.79 Å². The van der Waals surface area contributed by atoms with Crippen LogP contribution in [0.2, 0.25) is 10.0 Å². The predicted molar refractivity (Wildman–Crippen MR) is 83.1 cm³/mol. The van der Waals surface area contributed by atoms with Crippen LogP contribution in [0.4, 0.5) is 5.69 Å². The molecule has 1 aromatic rings. The van der Waals surface area contributed by atoms with E-state index in [0.717, 1.165) is 30.3 Å². The topological polar surface area (TPSA) is 41.1 Å². The summed E-state index contributed by atoms with van der Waals surface area (Å²) in [4.78, 5) is 12.4. The molecule has 2 rings (SSSR count). The highest BCUT2D eigenvalue weighted by Crippen LogP contribution is 2.34. The van der Waals surface area contributed by atoms with Crippen molar-refractivity contribution in [2.45, 2.75) is 31.7 Å². The molecule has 1 unspecified atom stereocenters. The van der Waals surface area contributed by atoms with E-state index < -0.39 is 5.54 Å². The van der Waals surface area contributed by atoms with Gasteiger partial charge in [-0.2, -0.15) is 0 Å². The number of amides is 1. The van der Waals surface area contributed by atoms with Gasteiger partial charge in [0.25, 0.3) is 0 Å². The first-order valence-corrected chi connectivity index (χ1v) is 7.68. The molecule has 0 bridgehead atoms. The first-order valence-electron chi connectivity index (χ1n) is 6.13. The lowest BCUT2D eigenvalue weighted by Crippen LogP contribution is -2.54. The number of hydrogen-bond acceptors (Lipinski definition) is 2. The van der Waals surface area contributed by atoms with E-state index in [2.05, 4.69) is 26.6 Å². The maximum Gasteiger partial charge on any atom is 0.244 e. The SMILES string of the molecule is CC1(C(=O)Nc2c(Cl)cc(Br)cc2Cl)CCCCN1. The summed E-state index contributed by atoms with van der Waals surface area (Å²) in [6.07, 6.45) is 2.95. The van der Waals surface area contributed by atoms with Gasteiger partial charge in [-0.3, -0.25) is 4.79 Å². The van der Waals surface area contributed by atoms with Crippen LogP contribution in [0, 0.1) is 0 Å². The van der Waals surface area contributed by atoms with E-state index in [4.69, 9.17) is 23.2 Å². The maximum absolute atomic E-state index is 12.4. The molecular weight excluding hydrogens is 351 g/mol. The first-order chi connectivity index (χ1) is 8.92. The van der Waals surface area contributed by atoms with Gasteiger partial charge in [-0.05, 0) is 44.9 Å². The van der Waals surface area contributed by atoms with Gasteiger partial charge in [-0.15, -0.1) is 0 Å². The number of anilines is 1. The molecule has 1 amide bonds. The van der Waals surface area contributed by atoms with Crippen molar-refractivity contribution in [1.82, 2.24) is 5.32 Å². The van der Waals surface area contributed by atoms with E-state index >= 15 is 0 Å². The van der Waals surface area contributed by atoms with Gasteiger partial charge in [0.2, 0.25) is 5.91 Å². The average Bonchev–Trinajstić information content (AvgIpc) is 2.34. The Kier molecular flexibility index (Phi) is 4.77. The van der Waals surface area contributed by atoms with E-state index in [1.54, 1.807) is 12.1 Å². The molecule has 0 aliphatic carbocycles. The van der Waals surface area contributed by atoms with Gasteiger partial charge in [-0.25, -0.2) is 0 Å². The molecular formula is C13H15BrCl2N2O. The molecule has 104 valence electrons. The third-order valence-electron chi connectivity index (χ3n) is 3.37. The Morgan fingerprint density at radius 2 is 2.00 bits per heavy atom. The molecule has 3 nitrogen and oxygen atoms in total. The zero-order valence-electron chi connectivity index (χ0n) is 10.5. The second-order valence-corrected chi connectivity index (χ2v) is 6.64. The monoisotopic (exact) mass is 364 g/mol. The van der Waals surface area contributed by atoms with Crippen LogP contribution in [-0.4, -0.2) is 18.0 Å². The normalized spacial score (nSPS) is 23.2. The van der Waals surface area contributed by atoms with E-state index in [0.29, 0.717) is 15.7 Å². The van der Waals surface area contributed by atoms with Crippen molar-refractivity contribution in [2.75, 3.05) is 11.9 Å². The van der Waals surface area contributed by atoms with Gasteiger partial charge in [0.05, 0.1) is 21.3 Å². The number of hydrogen-bond donors (Lipinski definition) is 2. The minimum absolute atomic E-state index is 0.0988. The van der Waals surface area contributed by atoms with Crippen molar-refractivity contribution < 1.29 is 4.79 Å². The molecule has 1 heterocycles. The molecule has 0 saturated carbocycles. The number of halogens is 3. The lowest BCUT2D eigenvalue weighted by molar-refractivity contribution is -0.122. The van der Waals surface area contributed by atoms with Gasteiger partial charge < -0.3 is 10.6 Å². The van der Waals surface area contributed by atoms with Crippen LogP contribution >= 0.6 is 39.1 Å². The fraction of sp³-hybridized carbons (Fsp3) is 0.462. The van der Waals surface area contributed by atoms with E-state index in [-0.39, 0.29) is 5.91 Å². The fourth-order valence-corrected chi connectivity index (χ4v) is 3.47. The minimum Gasteiger partial charge on any atom is -0.322 e. The maximum atomic E-state index is 12.4. The summed E-state index contributed by atoms with van der Waals surface area (Å²) in [6.45, 7) is 2.76. The zero-order valence-corrected chi connectivity index (χ0v) is 13.6. The Labute approximate surface area is 131 Å². The molecule has 1 fully saturated rings. The molecule has 0 aromatic heterocycles. The Bertz CT molecular complexity index is 478. The molecule has 0 radical (unpaired) electrons. The van der Waals surface area contributed by atoms with Crippen LogP contribution < -0.4 is 10.6 Å². The van der Waals surface area contributed by atoms with E-state index in [1.165, 1.54) is 0 Å². The standard InChI is InChI=1S/C13H15BrCl2N2O/c1-13(4-2-3-5-17-13)12(19)18-11-9(15)6-8(14)7-10(11)16/h6-7,17H,2-5H2,1H3,(H,18,19). The number of benzene rings is 1. The number of nitrogens with one attached hydrogen (secondary N) is 2. The molecule has 1 aliphatic heterocycles. The van der Waals surface area contributed by atoms with Gasteiger partial charge in [0.1, 0.15) is 0 Å². The summed E-state index contributed by atoms with van der Waals surface area (Å²) >= 11 is 15.5. The molecule has 6 heteroatoms. The van der Waals surface area contributed by atoms with Crippen LogP contribution in [0.15, 0.2) is 16.6 Å². The quantitative estimate of drug-likeness (QED) is 0.823. The Morgan fingerprint density at radius 3 is 2.53 bits per heavy atom. The van der Waals surface area contributed by atoms with Crippen molar-refractivity contribution >= 4 is 50.7 Å². The predicted octanol–water partition coefficient (Wildman–Crippen LogP) is 4.23. The second kappa shape index (κ2) is 6.00. The molecule has 1 aromatic carbocycles. The van der Waals surface area contributed by atoms with Crippen molar-refractivity contribution in [3.05, 3.63) is 26.7 Å². The molecule has 1 saturated heterocycles. The van der Waals surface area contributed by atoms with Gasteiger partial charge in [0, 0.05) is 4.47 Å². The Hall–Kier alpha value is -0.290. The zero-order chi connectivity index (χ0) is 14.0. The summed E-state index contributed by atoms with van der Waals surface area (Å²) in [5.41, 5.74) is -0.0945. The van der Waals surface area contributed by atoms with Crippen LogP contribution in [0.25, 0.3) is 0 Å². The Morgan fingerprint density at radius 1 is 1.37 bits per heavy atom. The highest BCUT2D eigenvalue weighted by atomic mass is 79.9. The van der Waals surface area contributed by atoms with Gasteiger partial charge >= 0.3 is 0 Å². The summed E-state index contributed by atoms with van der Waals surface area (Å²) in [5.74, 6) is -0.0988. The molecule has 0 spiro atoms. The smallest absolute Gasteiger partial charge is 0.244 e. The third kappa shape index (κ3) is 3.43.